The van der Waals surface area contributed by atoms with E-state index in [0.717, 1.165) is 0 Å². The Balaban J connectivity index is 2.30. The minimum absolute atomic E-state index is 0.0950. The van der Waals surface area contributed by atoms with E-state index in [1.54, 1.807) is 36.4 Å². The third-order valence-corrected chi connectivity index (χ3v) is 2.39. The number of para-hydroxylation sites is 1. The number of hydrogen-bond acceptors (Lipinski definition) is 2. The molecule has 0 bridgehead atoms. The maximum Gasteiger partial charge on any atom is 0.335 e. The fourth-order valence-corrected chi connectivity index (χ4v) is 1.47. The molecule has 0 saturated heterocycles. The van der Waals surface area contributed by atoms with E-state index >= 15 is 0 Å². The quantitative estimate of drug-likeness (QED) is 0.762. The average molecular weight is 251 g/mol. The Hall–Kier alpha value is -1.87. The van der Waals surface area contributed by atoms with Crippen molar-refractivity contribution in [2.24, 2.45) is 0 Å². The van der Waals surface area contributed by atoms with Crippen molar-refractivity contribution in [3.8, 4) is 11.5 Å². The van der Waals surface area contributed by atoms with Gasteiger partial charge in [-0.05, 0) is 36.4 Å². The van der Waals surface area contributed by atoms with Crippen LogP contribution >= 0.6 is 11.6 Å². The maximum absolute atomic E-state index is 12.7. The normalized spacial score (nSPS) is 10.0. The topological polar surface area (TPSA) is 26.3 Å². The highest BCUT2D eigenvalue weighted by atomic mass is 35.5. The Morgan fingerprint density at radius 3 is 2.35 bits per heavy atom. The second-order valence-corrected chi connectivity index (χ2v) is 3.76. The van der Waals surface area contributed by atoms with Crippen LogP contribution in [0.3, 0.4) is 0 Å². The van der Waals surface area contributed by atoms with Gasteiger partial charge in [0, 0.05) is 5.02 Å². The minimum Gasteiger partial charge on any atom is -0.457 e. The van der Waals surface area contributed by atoms with Crippen molar-refractivity contribution in [1.29, 1.82) is 0 Å². The lowest BCUT2D eigenvalue weighted by Gasteiger charge is -2.07. The third kappa shape index (κ3) is 2.82. The van der Waals surface area contributed by atoms with E-state index in [1.165, 1.54) is 12.1 Å². The number of carbonyl (C=O) groups excluding carboxylic acids is 1. The van der Waals surface area contributed by atoms with Gasteiger partial charge in [0.1, 0.15) is 11.5 Å². The van der Waals surface area contributed by atoms with E-state index in [4.69, 9.17) is 16.3 Å². The molecular formula is C13H8ClFO2. The largest absolute Gasteiger partial charge is 0.457 e. The van der Waals surface area contributed by atoms with Crippen LogP contribution in [-0.4, -0.2) is 6.04 Å². The molecule has 0 aliphatic carbocycles. The summed E-state index contributed by atoms with van der Waals surface area (Å²) in [5.74, 6) is 0.672. The van der Waals surface area contributed by atoms with E-state index < -0.39 is 6.04 Å². The van der Waals surface area contributed by atoms with Crippen molar-refractivity contribution >= 4 is 17.6 Å². The molecule has 0 saturated carbocycles. The zero-order chi connectivity index (χ0) is 12.3. The molecule has 0 aliphatic rings. The molecule has 0 fully saturated rings. The van der Waals surface area contributed by atoms with E-state index in [2.05, 4.69) is 0 Å². The molecule has 17 heavy (non-hydrogen) atoms. The van der Waals surface area contributed by atoms with E-state index in [-0.39, 0.29) is 11.3 Å². The fraction of sp³-hybridized carbons (Fsp3) is 0. The Bertz CT molecular complexity index is 537. The van der Waals surface area contributed by atoms with Gasteiger partial charge in [-0.3, -0.25) is 4.79 Å². The van der Waals surface area contributed by atoms with Gasteiger partial charge < -0.3 is 4.74 Å². The van der Waals surface area contributed by atoms with Gasteiger partial charge in [0.15, 0.2) is 0 Å². The average Bonchev–Trinajstić information content (AvgIpc) is 2.32. The first-order valence-electron chi connectivity index (χ1n) is 4.89. The predicted octanol–water partition coefficient (Wildman–Crippen LogP) is 4.24. The van der Waals surface area contributed by atoms with Crippen molar-refractivity contribution in [2.75, 3.05) is 0 Å². The van der Waals surface area contributed by atoms with Crippen LogP contribution in [0.5, 0.6) is 11.5 Å². The number of carbonyl (C=O) groups is 1. The van der Waals surface area contributed by atoms with Crippen LogP contribution in [0.4, 0.5) is 4.39 Å². The summed E-state index contributed by atoms with van der Waals surface area (Å²) in [6, 6.07) is 11.2. The van der Waals surface area contributed by atoms with Crippen LogP contribution in [0.25, 0.3) is 0 Å². The molecule has 0 spiro atoms. The first-order chi connectivity index (χ1) is 8.16. The number of benzene rings is 2. The van der Waals surface area contributed by atoms with Gasteiger partial charge in [0.25, 0.3) is 0 Å². The summed E-state index contributed by atoms with van der Waals surface area (Å²) in [7, 11) is 0. The SMILES string of the molecule is O=C(F)c1ccccc1Oc1ccc(Cl)cc1. The molecule has 2 aromatic carbocycles. The summed E-state index contributed by atoms with van der Waals surface area (Å²) in [5.41, 5.74) is -0.0950. The summed E-state index contributed by atoms with van der Waals surface area (Å²) >= 11 is 5.73. The zero-order valence-electron chi connectivity index (χ0n) is 8.69. The Labute approximate surface area is 103 Å². The molecule has 2 rings (SSSR count). The van der Waals surface area contributed by atoms with Gasteiger partial charge in [-0.25, -0.2) is 0 Å². The number of rotatable bonds is 3. The van der Waals surface area contributed by atoms with Crippen molar-refractivity contribution in [2.45, 2.75) is 0 Å². The minimum atomic E-state index is -1.52. The molecule has 0 unspecified atom stereocenters. The highest BCUT2D eigenvalue weighted by Crippen LogP contribution is 2.26. The summed E-state index contributed by atoms with van der Waals surface area (Å²) in [5, 5.41) is 0.576. The smallest absolute Gasteiger partial charge is 0.335 e. The molecule has 0 N–H and O–H groups in total. The lowest BCUT2D eigenvalue weighted by molar-refractivity contribution is 0.0833. The molecule has 0 atom stereocenters. The van der Waals surface area contributed by atoms with Gasteiger partial charge in [-0.15, -0.1) is 0 Å². The zero-order valence-corrected chi connectivity index (χ0v) is 9.45. The lowest BCUT2D eigenvalue weighted by atomic mass is 10.2. The number of hydrogen-bond donors (Lipinski definition) is 0. The summed E-state index contributed by atoms with van der Waals surface area (Å²) < 4.78 is 18.1. The summed E-state index contributed by atoms with van der Waals surface area (Å²) in [4.78, 5) is 10.7. The molecule has 0 radical (unpaired) electrons. The first-order valence-corrected chi connectivity index (χ1v) is 5.27. The predicted molar refractivity (Wildman–Crippen MR) is 63.4 cm³/mol. The van der Waals surface area contributed by atoms with Crippen molar-refractivity contribution < 1.29 is 13.9 Å². The fourth-order valence-electron chi connectivity index (χ4n) is 1.35. The second kappa shape index (κ2) is 4.97. The standard InChI is InChI=1S/C13H8ClFO2/c14-9-5-7-10(8-6-9)17-12-4-2-1-3-11(12)13(15)16/h1-8H. The molecule has 0 aromatic heterocycles. The van der Waals surface area contributed by atoms with Gasteiger partial charge in [-0.1, -0.05) is 23.7 Å². The number of halogens is 2. The lowest BCUT2D eigenvalue weighted by Crippen LogP contribution is -1.95. The molecule has 0 aliphatic heterocycles. The molecule has 2 nitrogen and oxygen atoms in total. The van der Waals surface area contributed by atoms with Crippen LogP contribution < -0.4 is 4.74 Å². The molecule has 2 aromatic rings. The second-order valence-electron chi connectivity index (χ2n) is 3.33. The Kier molecular flexibility index (Phi) is 3.40. The Morgan fingerprint density at radius 2 is 1.71 bits per heavy atom. The van der Waals surface area contributed by atoms with E-state index in [9.17, 15) is 9.18 Å². The van der Waals surface area contributed by atoms with Crippen LogP contribution in [-0.2, 0) is 0 Å². The summed E-state index contributed by atoms with van der Waals surface area (Å²) in [6.07, 6.45) is 0. The van der Waals surface area contributed by atoms with Crippen molar-refractivity contribution in [3.63, 3.8) is 0 Å². The van der Waals surface area contributed by atoms with Crippen LogP contribution in [0, 0.1) is 0 Å². The molecule has 4 heteroatoms. The first kappa shape index (κ1) is 11.6. The highest BCUT2D eigenvalue weighted by molar-refractivity contribution is 6.30. The van der Waals surface area contributed by atoms with Crippen molar-refractivity contribution in [3.05, 3.63) is 59.1 Å². The van der Waals surface area contributed by atoms with Gasteiger partial charge >= 0.3 is 6.04 Å². The molecule has 0 amide bonds. The van der Waals surface area contributed by atoms with Crippen LogP contribution in [0.1, 0.15) is 10.4 Å². The van der Waals surface area contributed by atoms with E-state index in [1.807, 2.05) is 0 Å². The monoisotopic (exact) mass is 250 g/mol. The summed E-state index contributed by atoms with van der Waals surface area (Å²) in [6.45, 7) is 0. The Morgan fingerprint density at radius 1 is 1.06 bits per heavy atom. The third-order valence-electron chi connectivity index (χ3n) is 2.14. The highest BCUT2D eigenvalue weighted by Gasteiger charge is 2.11. The van der Waals surface area contributed by atoms with Crippen LogP contribution in [0.15, 0.2) is 48.5 Å². The van der Waals surface area contributed by atoms with Gasteiger partial charge in [0.2, 0.25) is 0 Å². The van der Waals surface area contributed by atoms with E-state index in [0.29, 0.717) is 10.8 Å². The van der Waals surface area contributed by atoms with Crippen molar-refractivity contribution in [1.82, 2.24) is 0 Å². The number of ether oxygens (including phenoxy) is 1. The maximum atomic E-state index is 12.7. The molecule has 86 valence electrons. The van der Waals surface area contributed by atoms with Crippen LogP contribution in [0.2, 0.25) is 5.02 Å². The van der Waals surface area contributed by atoms with Gasteiger partial charge in [-0.2, -0.15) is 4.39 Å². The molecule has 0 heterocycles. The molecular weight excluding hydrogens is 243 g/mol. The van der Waals surface area contributed by atoms with Gasteiger partial charge in [0.05, 0.1) is 5.56 Å².